The van der Waals surface area contributed by atoms with E-state index in [2.05, 4.69) is 313 Å². The summed E-state index contributed by atoms with van der Waals surface area (Å²) in [6, 6.07) is 94.3. The highest BCUT2D eigenvalue weighted by molar-refractivity contribution is 5.83. The van der Waals surface area contributed by atoms with E-state index in [1.54, 1.807) is 0 Å². The predicted molar refractivity (Wildman–Crippen MR) is 313 cm³/mol. The molecule has 0 fully saturated rings. The van der Waals surface area contributed by atoms with Crippen LogP contribution in [0.4, 0.5) is 34.1 Å². The summed E-state index contributed by atoms with van der Waals surface area (Å²) < 4.78 is 0. The van der Waals surface area contributed by atoms with E-state index < -0.39 is 0 Å². The molecule has 10 aromatic rings. The molecular weight excluding hydrogens is 869 g/mol. The first kappa shape index (κ1) is 46.2. The minimum absolute atomic E-state index is 1.08. The molecule has 0 aliphatic heterocycles. The van der Waals surface area contributed by atoms with Gasteiger partial charge >= 0.3 is 0 Å². The first-order chi connectivity index (χ1) is 35.6. The summed E-state index contributed by atoms with van der Waals surface area (Å²) in [5, 5.41) is 0. The third-order valence-electron chi connectivity index (χ3n) is 12.4. The third-order valence-corrected chi connectivity index (χ3v) is 12.4. The second-order valence-electron chi connectivity index (χ2n) is 17.5. The van der Waals surface area contributed by atoms with E-state index in [9.17, 15) is 0 Å². The molecule has 0 bridgehead atoms. The molecular formula is C70H54N2. The number of rotatable bonds is 16. The van der Waals surface area contributed by atoms with Crippen LogP contribution in [0.25, 0.3) is 60.8 Å². The molecule has 0 amide bonds. The Morgan fingerprint density at radius 3 is 0.403 bits per heavy atom. The summed E-state index contributed by atoms with van der Waals surface area (Å²) in [4.78, 5) is 4.63. The van der Waals surface area contributed by atoms with Crippen molar-refractivity contribution in [1.29, 1.82) is 0 Å². The topological polar surface area (TPSA) is 6.48 Å². The molecule has 0 aliphatic carbocycles. The molecule has 10 rings (SSSR count). The van der Waals surface area contributed by atoms with Gasteiger partial charge in [0.05, 0.1) is 0 Å². The molecule has 0 N–H and O–H groups in total. The van der Waals surface area contributed by atoms with Crippen LogP contribution < -0.4 is 9.80 Å². The first-order valence-electron chi connectivity index (χ1n) is 24.5. The minimum atomic E-state index is 1.08. The van der Waals surface area contributed by atoms with Crippen molar-refractivity contribution in [2.45, 2.75) is 0 Å². The lowest BCUT2D eigenvalue weighted by molar-refractivity contribution is 1.28. The van der Waals surface area contributed by atoms with Crippen LogP contribution in [0.5, 0.6) is 0 Å². The van der Waals surface area contributed by atoms with Crippen LogP contribution in [0.2, 0.25) is 0 Å². The molecule has 10 aromatic carbocycles. The van der Waals surface area contributed by atoms with Gasteiger partial charge in [-0.15, -0.1) is 0 Å². The Kier molecular flexibility index (Phi) is 14.9. The van der Waals surface area contributed by atoms with Crippen molar-refractivity contribution in [2.24, 2.45) is 0 Å². The molecule has 0 heterocycles. The van der Waals surface area contributed by atoms with E-state index in [0.717, 1.165) is 67.5 Å². The maximum atomic E-state index is 2.32. The van der Waals surface area contributed by atoms with Crippen LogP contribution in [0, 0.1) is 0 Å². The van der Waals surface area contributed by atoms with E-state index >= 15 is 0 Å². The second kappa shape index (κ2) is 23.2. The largest absolute Gasteiger partial charge is 0.311 e. The Bertz CT molecular complexity index is 2990. The summed E-state index contributed by atoms with van der Waals surface area (Å²) in [6.45, 7) is 0. The molecule has 0 saturated carbocycles. The van der Waals surface area contributed by atoms with Gasteiger partial charge in [0.15, 0.2) is 0 Å². The van der Waals surface area contributed by atoms with Crippen molar-refractivity contribution in [3.63, 3.8) is 0 Å². The smallest absolute Gasteiger partial charge is 0.0462 e. The Hall–Kier alpha value is -9.50. The van der Waals surface area contributed by atoms with Gasteiger partial charge in [0.2, 0.25) is 0 Å². The Morgan fingerprint density at radius 1 is 0.139 bits per heavy atom. The molecule has 2 heteroatoms. The molecule has 0 unspecified atom stereocenters. The summed E-state index contributed by atoms with van der Waals surface area (Å²) in [5.74, 6) is 0. The van der Waals surface area contributed by atoms with Gasteiger partial charge in [-0.05, 0) is 128 Å². The van der Waals surface area contributed by atoms with Crippen LogP contribution in [0.1, 0.15) is 55.6 Å². The van der Waals surface area contributed by atoms with Crippen molar-refractivity contribution in [2.75, 3.05) is 9.80 Å². The summed E-state index contributed by atoms with van der Waals surface area (Å²) in [5.41, 5.74) is 18.0. The number of hydrogen-bond acceptors (Lipinski definition) is 2. The zero-order chi connectivity index (χ0) is 48.6. The van der Waals surface area contributed by atoms with Gasteiger partial charge in [0.25, 0.3) is 0 Å². The van der Waals surface area contributed by atoms with Crippen LogP contribution in [-0.4, -0.2) is 0 Å². The SMILES string of the molecule is C(=C\c1ccc(N(c2ccc(/C=C/c3ccccc3)cc2)c2ccc(/C=C/c3ccc(N(c4ccc(/C=C/c5ccccc5)cc4)c4ccc(/C=C/c5ccccc5)cc4)cc3)cc2)cc1)/c1ccccc1. The van der Waals surface area contributed by atoms with Gasteiger partial charge in [-0.1, -0.05) is 255 Å². The second-order valence-corrected chi connectivity index (χ2v) is 17.5. The monoisotopic (exact) mass is 922 g/mol. The van der Waals surface area contributed by atoms with Crippen molar-refractivity contribution < 1.29 is 0 Å². The third kappa shape index (κ3) is 12.4. The summed E-state index contributed by atoms with van der Waals surface area (Å²) >= 11 is 0. The fourth-order valence-electron chi connectivity index (χ4n) is 8.52. The van der Waals surface area contributed by atoms with Crippen molar-refractivity contribution >= 4 is 94.9 Å². The minimum Gasteiger partial charge on any atom is -0.311 e. The number of anilines is 6. The zero-order valence-electron chi connectivity index (χ0n) is 40.1. The Labute approximate surface area is 425 Å². The van der Waals surface area contributed by atoms with E-state index in [1.807, 2.05) is 24.3 Å². The summed E-state index contributed by atoms with van der Waals surface area (Å²) in [6.07, 6.45) is 21.6. The number of nitrogens with zero attached hydrogens (tertiary/aromatic N) is 2. The fraction of sp³-hybridized carbons (Fsp3) is 0. The van der Waals surface area contributed by atoms with Gasteiger partial charge in [0, 0.05) is 34.1 Å². The number of hydrogen-bond donors (Lipinski definition) is 0. The molecule has 2 nitrogen and oxygen atoms in total. The Balaban J connectivity index is 0.883. The molecule has 0 aliphatic rings. The molecule has 72 heavy (non-hydrogen) atoms. The quantitative estimate of drug-likeness (QED) is 0.0891. The molecule has 0 aromatic heterocycles. The van der Waals surface area contributed by atoms with Gasteiger partial charge in [-0.2, -0.15) is 0 Å². The van der Waals surface area contributed by atoms with Crippen LogP contribution >= 0.6 is 0 Å². The molecule has 344 valence electrons. The standard InChI is InChI=1S/C70H54N2/c1-5-13-55(14-6-1)21-25-59-31-43-65(44-32-59)71(66-45-33-60(34-46-66)26-22-56-15-7-2-8-16-56)69-51-39-63(40-52-69)29-30-64-41-53-70(54-42-64)72(67-47-35-61(36-48-67)27-23-57-17-9-3-10-18-57)68-49-37-62(38-50-68)28-24-58-19-11-4-12-20-58/h1-54H/b25-21+,26-22+,27-23+,28-24+,30-29+. The van der Waals surface area contributed by atoms with Gasteiger partial charge in [-0.3, -0.25) is 0 Å². The van der Waals surface area contributed by atoms with Crippen LogP contribution in [-0.2, 0) is 0 Å². The van der Waals surface area contributed by atoms with Gasteiger partial charge in [-0.25, -0.2) is 0 Å². The van der Waals surface area contributed by atoms with Crippen molar-refractivity contribution in [1.82, 2.24) is 0 Å². The van der Waals surface area contributed by atoms with E-state index in [4.69, 9.17) is 0 Å². The predicted octanol–water partition coefficient (Wildman–Crippen LogP) is 19.5. The molecule has 0 radical (unpaired) electrons. The lowest BCUT2D eigenvalue weighted by atomic mass is 10.1. The fourth-order valence-corrected chi connectivity index (χ4v) is 8.52. The maximum absolute atomic E-state index is 2.32. The summed E-state index contributed by atoms with van der Waals surface area (Å²) in [7, 11) is 0. The van der Waals surface area contributed by atoms with Crippen LogP contribution in [0.15, 0.2) is 267 Å². The zero-order valence-corrected chi connectivity index (χ0v) is 40.1. The van der Waals surface area contributed by atoms with E-state index in [-0.39, 0.29) is 0 Å². The first-order valence-corrected chi connectivity index (χ1v) is 24.5. The lowest BCUT2D eigenvalue weighted by Crippen LogP contribution is -2.09. The van der Waals surface area contributed by atoms with E-state index in [1.165, 1.54) is 22.3 Å². The highest BCUT2D eigenvalue weighted by atomic mass is 15.1. The van der Waals surface area contributed by atoms with Crippen molar-refractivity contribution in [3.05, 3.63) is 323 Å². The molecule has 0 spiro atoms. The van der Waals surface area contributed by atoms with E-state index in [0.29, 0.717) is 0 Å². The maximum Gasteiger partial charge on any atom is 0.0462 e. The average Bonchev–Trinajstić information content (AvgIpc) is 3.45. The highest BCUT2D eigenvalue weighted by Gasteiger charge is 2.14. The number of benzene rings is 10. The van der Waals surface area contributed by atoms with Crippen molar-refractivity contribution in [3.8, 4) is 0 Å². The van der Waals surface area contributed by atoms with Gasteiger partial charge < -0.3 is 9.80 Å². The average molecular weight is 923 g/mol. The lowest BCUT2D eigenvalue weighted by Gasteiger charge is -2.26. The van der Waals surface area contributed by atoms with Gasteiger partial charge in [0.1, 0.15) is 0 Å². The molecule has 0 atom stereocenters. The molecule has 0 saturated heterocycles. The van der Waals surface area contributed by atoms with Crippen LogP contribution in [0.3, 0.4) is 0 Å². The normalized spacial score (nSPS) is 11.6. The highest BCUT2D eigenvalue weighted by Crippen LogP contribution is 2.37. The Morgan fingerprint density at radius 2 is 0.264 bits per heavy atom.